The van der Waals surface area contributed by atoms with E-state index in [-0.39, 0.29) is 0 Å². The van der Waals surface area contributed by atoms with Gasteiger partial charge in [-0.3, -0.25) is 4.79 Å². The largest absolute Gasteiger partial charge is 0.480 e. The number of pyridine rings is 1. The Hall–Kier alpha value is -3.22. The van der Waals surface area contributed by atoms with Crippen LogP contribution in [-0.2, 0) is 4.79 Å². The van der Waals surface area contributed by atoms with Gasteiger partial charge in [0, 0.05) is 5.39 Å². The van der Waals surface area contributed by atoms with Crippen molar-refractivity contribution in [3.05, 3.63) is 53.9 Å². The number of carboxylic acids is 1. The molecule has 3 aromatic rings. The third-order valence-electron chi connectivity index (χ3n) is 4.50. The highest BCUT2D eigenvalue weighted by atomic mass is 16.4. The standard InChI is InChI=1S/C20H22N4O3/c1-3-4-8-17(20(26)27)23-19(25)15-12-21-24(13(15)2)18-11-10-14-7-5-6-9-16(14)22-18/h5-7,9-12,17H,3-4,8H2,1-2H3,(H,23,25)(H,26,27). The minimum atomic E-state index is -1.03. The smallest absolute Gasteiger partial charge is 0.326 e. The van der Waals surface area contributed by atoms with Crippen LogP contribution in [0.4, 0.5) is 0 Å². The lowest BCUT2D eigenvalue weighted by Gasteiger charge is -2.14. The third kappa shape index (κ3) is 3.97. The lowest BCUT2D eigenvalue weighted by Crippen LogP contribution is -2.40. The lowest BCUT2D eigenvalue weighted by atomic mass is 10.1. The van der Waals surface area contributed by atoms with E-state index in [1.54, 1.807) is 11.6 Å². The number of carboxylic acid groups (broad SMARTS) is 1. The molecule has 0 saturated heterocycles. The van der Waals surface area contributed by atoms with Gasteiger partial charge in [0.2, 0.25) is 0 Å². The minimum absolute atomic E-state index is 0.340. The Labute approximate surface area is 157 Å². The van der Waals surface area contributed by atoms with Crippen LogP contribution in [0, 0.1) is 6.92 Å². The molecule has 7 nitrogen and oxygen atoms in total. The first-order valence-corrected chi connectivity index (χ1v) is 8.95. The average molecular weight is 366 g/mol. The van der Waals surface area contributed by atoms with Crippen LogP contribution in [0.5, 0.6) is 0 Å². The molecule has 1 atom stereocenters. The van der Waals surface area contributed by atoms with Crippen molar-refractivity contribution in [2.45, 2.75) is 39.2 Å². The summed E-state index contributed by atoms with van der Waals surface area (Å²) in [5.41, 5.74) is 1.78. The molecular formula is C20H22N4O3. The first kappa shape index (κ1) is 18.6. The number of carbonyl (C=O) groups excluding carboxylic acids is 1. The molecule has 0 bridgehead atoms. The highest BCUT2D eigenvalue weighted by Crippen LogP contribution is 2.17. The highest BCUT2D eigenvalue weighted by molar-refractivity contribution is 5.97. The number of rotatable bonds is 7. The fourth-order valence-electron chi connectivity index (χ4n) is 2.94. The molecule has 1 aromatic carbocycles. The van der Waals surface area contributed by atoms with Gasteiger partial charge in [-0.15, -0.1) is 0 Å². The maximum absolute atomic E-state index is 12.6. The van der Waals surface area contributed by atoms with Crippen molar-refractivity contribution in [3.8, 4) is 5.82 Å². The molecule has 2 heterocycles. The molecule has 7 heteroatoms. The molecule has 0 spiro atoms. The van der Waals surface area contributed by atoms with Gasteiger partial charge in [-0.25, -0.2) is 14.5 Å². The molecule has 0 aliphatic rings. The maximum Gasteiger partial charge on any atom is 0.326 e. The van der Waals surface area contributed by atoms with Crippen LogP contribution in [0.3, 0.4) is 0 Å². The van der Waals surface area contributed by atoms with Crippen molar-refractivity contribution < 1.29 is 14.7 Å². The van der Waals surface area contributed by atoms with E-state index in [1.807, 2.05) is 43.3 Å². The van der Waals surface area contributed by atoms with E-state index in [1.165, 1.54) is 6.20 Å². The molecule has 0 fully saturated rings. The van der Waals surface area contributed by atoms with Crippen molar-refractivity contribution >= 4 is 22.8 Å². The fourth-order valence-corrected chi connectivity index (χ4v) is 2.94. The van der Waals surface area contributed by atoms with Gasteiger partial charge in [0.15, 0.2) is 5.82 Å². The number of amides is 1. The Kier molecular flexibility index (Phi) is 5.49. The Morgan fingerprint density at radius 1 is 1.22 bits per heavy atom. The molecule has 1 unspecified atom stereocenters. The van der Waals surface area contributed by atoms with Crippen LogP contribution in [-0.4, -0.2) is 37.8 Å². The number of aromatic nitrogens is 3. The van der Waals surface area contributed by atoms with Crippen LogP contribution >= 0.6 is 0 Å². The number of carbonyl (C=O) groups is 2. The predicted octanol–water partition coefficient (Wildman–Crippen LogP) is 3.10. The summed E-state index contributed by atoms with van der Waals surface area (Å²) in [5.74, 6) is -0.868. The van der Waals surface area contributed by atoms with Crippen molar-refractivity contribution in [1.82, 2.24) is 20.1 Å². The van der Waals surface area contributed by atoms with Gasteiger partial charge >= 0.3 is 5.97 Å². The zero-order valence-corrected chi connectivity index (χ0v) is 15.3. The van der Waals surface area contributed by atoms with Crippen molar-refractivity contribution in [2.24, 2.45) is 0 Å². The Morgan fingerprint density at radius 2 is 2.00 bits per heavy atom. The minimum Gasteiger partial charge on any atom is -0.480 e. The quantitative estimate of drug-likeness (QED) is 0.670. The van der Waals surface area contributed by atoms with Crippen molar-refractivity contribution in [1.29, 1.82) is 0 Å². The summed E-state index contributed by atoms with van der Waals surface area (Å²) < 4.78 is 1.59. The van der Waals surface area contributed by atoms with Crippen LogP contribution in [0.15, 0.2) is 42.6 Å². The van der Waals surface area contributed by atoms with Crippen molar-refractivity contribution in [2.75, 3.05) is 0 Å². The number of para-hydroxylation sites is 1. The first-order chi connectivity index (χ1) is 13.0. The summed E-state index contributed by atoms with van der Waals surface area (Å²) in [5, 5.41) is 17.2. The summed E-state index contributed by atoms with van der Waals surface area (Å²) in [6.07, 6.45) is 3.44. The second-order valence-corrected chi connectivity index (χ2v) is 6.42. The van der Waals surface area contributed by atoms with Gasteiger partial charge in [-0.2, -0.15) is 5.10 Å². The van der Waals surface area contributed by atoms with E-state index in [9.17, 15) is 14.7 Å². The molecular weight excluding hydrogens is 344 g/mol. The lowest BCUT2D eigenvalue weighted by molar-refractivity contribution is -0.139. The molecule has 2 aromatic heterocycles. The fraction of sp³-hybridized carbons (Fsp3) is 0.300. The SMILES string of the molecule is CCCCC(NC(=O)c1cnn(-c2ccc3ccccc3n2)c1C)C(=O)O. The Balaban J connectivity index is 1.85. The number of nitrogens with zero attached hydrogens (tertiary/aromatic N) is 3. The molecule has 0 aliphatic heterocycles. The molecule has 0 saturated carbocycles. The molecule has 27 heavy (non-hydrogen) atoms. The van der Waals surface area contributed by atoms with E-state index in [0.717, 1.165) is 23.7 Å². The zero-order valence-electron chi connectivity index (χ0n) is 15.3. The second-order valence-electron chi connectivity index (χ2n) is 6.42. The van der Waals surface area contributed by atoms with Crippen LogP contribution in [0.2, 0.25) is 0 Å². The normalized spacial score (nSPS) is 12.1. The van der Waals surface area contributed by atoms with Gasteiger partial charge in [0.25, 0.3) is 5.91 Å². The number of nitrogens with one attached hydrogen (secondary N) is 1. The molecule has 2 N–H and O–H groups in total. The van der Waals surface area contributed by atoms with Gasteiger partial charge in [-0.1, -0.05) is 38.0 Å². The summed E-state index contributed by atoms with van der Waals surface area (Å²) in [6, 6.07) is 10.6. The molecule has 140 valence electrons. The van der Waals surface area contributed by atoms with Gasteiger partial charge in [0.1, 0.15) is 6.04 Å². The average Bonchev–Trinajstić information content (AvgIpc) is 3.05. The van der Waals surface area contributed by atoms with E-state index in [4.69, 9.17) is 0 Å². The number of hydrogen-bond acceptors (Lipinski definition) is 4. The molecule has 1 amide bonds. The molecule has 0 radical (unpaired) electrons. The summed E-state index contributed by atoms with van der Waals surface area (Å²) in [4.78, 5) is 28.5. The molecule has 0 aliphatic carbocycles. The number of unbranched alkanes of at least 4 members (excludes halogenated alkanes) is 1. The van der Waals surface area contributed by atoms with E-state index in [2.05, 4.69) is 15.4 Å². The number of fused-ring (bicyclic) bond motifs is 1. The first-order valence-electron chi connectivity index (χ1n) is 8.95. The van der Waals surface area contributed by atoms with Crippen LogP contribution in [0.1, 0.15) is 42.2 Å². The summed E-state index contributed by atoms with van der Waals surface area (Å²) in [6.45, 7) is 3.74. The zero-order chi connectivity index (χ0) is 19.4. The van der Waals surface area contributed by atoms with E-state index < -0.39 is 17.9 Å². The van der Waals surface area contributed by atoms with E-state index >= 15 is 0 Å². The summed E-state index contributed by atoms with van der Waals surface area (Å²) >= 11 is 0. The predicted molar refractivity (Wildman–Crippen MR) is 102 cm³/mol. The highest BCUT2D eigenvalue weighted by Gasteiger charge is 2.23. The number of aliphatic carboxylic acids is 1. The van der Waals surface area contributed by atoms with Gasteiger partial charge < -0.3 is 10.4 Å². The van der Waals surface area contributed by atoms with Crippen molar-refractivity contribution in [3.63, 3.8) is 0 Å². The Bertz CT molecular complexity index is 980. The van der Waals surface area contributed by atoms with Gasteiger partial charge in [0.05, 0.1) is 23.0 Å². The monoisotopic (exact) mass is 366 g/mol. The van der Waals surface area contributed by atoms with Crippen LogP contribution < -0.4 is 5.32 Å². The second kappa shape index (κ2) is 7.99. The van der Waals surface area contributed by atoms with Gasteiger partial charge in [-0.05, 0) is 31.5 Å². The topological polar surface area (TPSA) is 97.1 Å². The number of benzene rings is 1. The van der Waals surface area contributed by atoms with E-state index in [0.29, 0.717) is 23.5 Å². The third-order valence-corrected chi connectivity index (χ3v) is 4.50. The van der Waals surface area contributed by atoms with Crippen LogP contribution in [0.25, 0.3) is 16.7 Å². The maximum atomic E-state index is 12.6. The molecule has 3 rings (SSSR count). The summed E-state index contributed by atoms with van der Waals surface area (Å²) in [7, 11) is 0. The number of hydrogen-bond donors (Lipinski definition) is 2. The Morgan fingerprint density at radius 3 is 2.74 bits per heavy atom.